The molecule has 1 aliphatic heterocycles. The van der Waals surface area contributed by atoms with Crippen molar-refractivity contribution < 1.29 is 9.53 Å². The Morgan fingerprint density at radius 3 is 2.74 bits per heavy atom. The first-order chi connectivity index (χ1) is 14.9. The number of aromatic nitrogens is 1. The van der Waals surface area contributed by atoms with Gasteiger partial charge in [-0.1, -0.05) is 61.1 Å². The molecule has 0 bridgehead atoms. The van der Waals surface area contributed by atoms with Gasteiger partial charge in [-0.2, -0.15) is 0 Å². The van der Waals surface area contributed by atoms with Gasteiger partial charge in [0.15, 0.2) is 4.80 Å². The third-order valence-corrected chi connectivity index (χ3v) is 7.05. The van der Waals surface area contributed by atoms with E-state index in [1.807, 2.05) is 49.6 Å². The van der Waals surface area contributed by atoms with Gasteiger partial charge in [-0.3, -0.25) is 9.36 Å². The molecule has 0 fully saturated rings. The van der Waals surface area contributed by atoms with Crippen molar-refractivity contribution in [3.63, 3.8) is 0 Å². The lowest BCUT2D eigenvalue weighted by molar-refractivity contribution is -0.140. The summed E-state index contributed by atoms with van der Waals surface area (Å²) < 4.78 is 7.63. The molecular formula is C23H21ClN2O3S2. The van der Waals surface area contributed by atoms with E-state index < -0.39 is 12.0 Å². The number of carbonyl (C=O) groups is 1. The summed E-state index contributed by atoms with van der Waals surface area (Å²) in [5.74, 6) is -0.226. The number of ether oxygens (including phenoxy) is 1. The van der Waals surface area contributed by atoms with E-state index in [1.54, 1.807) is 23.6 Å². The van der Waals surface area contributed by atoms with Crippen LogP contribution in [0.2, 0.25) is 5.02 Å². The first-order valence-electron chi connectivity index (χ1n) is 9.84. The number of fused-ring (bicyclic) bond motifs is 1. The van der Waals surface area contributed by atoms with Gasteiger partial charge >= 0.3 is 5.97 Å². The Labute approximate surface area is 192 Å². The summed E-state index contributed by atoms with van der Waals surface area (Å²) in [6.07, 6.45) is 1.77. The van der Waals surface area contributed by atoms with Crippen LogP contribution in [0.4, 0.5) is 0 Å². The van der Waals surface area contributed by atoms with Crippen molar-refractivity contribution in [3.05, 3.63) is 88.2 Å². The van der Waals surface area contributed by atoms with Gasteiger partial charge in [-0.05, 0) is 42.0 Å². The third kappa shape index (κ3) is 4.31. The molecule has 0 saturated carbocycles. The normalized spacial score (nSPS) is 16.4. The van der Waals surface area contributed by atoms with E-state index in [-0.39, 0.29) is 11.5 Å². The number of esters is 1. The second-order valence-corrected chi connectivity index (χ2v) is 10.0. The van der Waals surface area contributed by atoms with Gasteiger partial charge in [-0.25, -0.2) is 9.79 Å². The average Bonchev–Trinajstić information content (AvgIpc) is 3.36. The molecule has 31 heavy (non-hydrogen) atoms. The maximum Gasteiger partial charge on any atom is 0.338 e. The van der Waals surface area contributed by atoms with E-state index >= 15 is 0 Å². The highest BCUT2D eigenvalue weighted by molar-refractivity contribution is 7.10. The Balaban J connectivity index is 1.89. The van der Waals surface area contributed by atoms with E-state index in [1.165, 1.54) is 22.7 Å². The molecule has 3 heterocycles. The van der Waals surface area contributed by atoms with Crippen molar-refractivity contribution in [3.8, 4) is 0 Å². The summed E-state index contributed by atoms with van der Waals surface area (Å²) in [6, 6.07) is 10.6. The fraction of sp³-hybridized carbons (Fsp3) is 0.261. The predicted octanol–water partition coefficient (Wildman–Crippen LogP) is 4.15. The molecule has 0 radical (unpaired) electrons. The van der Waals surface area contributed by atoms with Gasteiger partial charge in [-0.15, -0.1) is 11.3 Å². The summed E-state index contributed by atoms with van der Waals surface area (Å²) in [5, 5.41) is 2.50. The van der Waals surface area contributed by atoms with E-state index in [2.05, 4.69) is 4.99 Å². The highest BCUT2D eigenvalue weighted by Crippen LogP contribution is 2.33. The topological polar surface area (TPSA) is 60.7 Å². The average molecular weight is 473 g/mol. The monoisotopic (exact) mass is 472 g/mol. The van der Waals surface area contributed by atoms with Crippen LogP contribution in [-0.2, 0) is 9.53 Å². The molecule has 8 heteroatoms. The zero-order valence-corrected chi connectivity index (χ0v) is 19.7. The molecule has 0 amide bonds. The second-order valence-electron chi connectivity index (χ2n) is 7.61. The van der Waals surface area contributed by atoms with Crippen molar-refractivity contribution in [2.24, 2.45) is 10.9 Å². The molecule has 3 aromatic rings. The van der Waals surface area contributed by atoms with Crippen LogP contribution in [0, 0.1) is 5.92 Å². The Hall–Kier alpha value is -2.48. The number of benzene rings is 1. The molecule has 2 aromatic heterocycles. The smallest absolute Gasteiger partial charge is 0.338 e. The minimum atomic E-state index is -0.565. The lowest BCUT2D eigenvalue weighted by Crippen LogP contribution is -2.39. The van der Waals surface area contributed by atoms with Crippen LogP contribution in [0.1, 0.15) is 37.3 Å². The number of nitrogens with zero attached hydrogens (tertiary/aromatic N) is 2. The lowest BCUT2D eigenvalue weighted by Gasteiger charge is -2.23. The number of hydrogen-bond acceptors (Lipinski definition) is 6. The van der Waals surface area contributed by atoms with E-state index in [9.17, 15) is 9.59 Å². The molecule has 0 N–H and O–H groups in total. The summed E-state index contributed by atoms with van der Waals surface area (Å²) in [5.41, 5.74) is 1.52. The predicted molar refractivity (Wildman–Crippen MR) is 125 cm³/mol. The number of thiophene rings is 1. The minimum absolute atomic E-state index is 0.205. The van der Waals surface area contributed by atoms with Gasteiger partial charge in [0, 0.05) is 9.90 Å². The van der Waals surface area contributed by atoms with Crippen LogP contribution in [0.3, 0.4) is 0 Å². The number of rotatable bonds is 5. The van der Waals surface area contributed by atoms with Gasteiger partial charge in [0.1, 0.15) is 6.04 Å². The minimum Gasteiger partial charge on any atom is -0.462 e. The second kappa shape index (κ2) is 8.94. The molecule has 0 spiro atoms. The van der Waals surface area contributed by atoms with Gasteiger partial charge in [0.05, 0.1) is 22.4 Å². The van der Waals surface area contributed by atoms with Crippen LogP contribution in [0.15, 0.2) is 62.8 Å². The maximum atomic E-state index is 13.4. The van der Waals surface area contributed by atoms with Crippen molar-refractivity contribution in [1.82, 2.24) is 4.57 Å². The van der Waals surface area contributed by atoms with Crippen LogP contribution < -0.4 is 14.9 Å². The summed E-state index contributed by atoms with van der Waals surface area (Å²) >= 11 is 9.07. The van der Waals surface area contributed by atoms with E-state index in [0.717, 1.165) is 10.4 Å². The summed E-state index contributed by atoms with van der Waals surface area (Å²) in [4.78, 5) is 32.5. The van der Waals surface area contributed by atoms with Crippen molar-refractivity contribution in [2.75, 3.05) is 6.61 Å². The van der Waals surface area contributed by atoms with Crippen LogP contribution in [-0.4, -0.2) is 17.1 Å². The van der Waals surface area contributed by atoms with Gasteiger partial charge in [0.25, 0.3) is 5.56 Å². The number of thiazole rings is 1. The number of halogens is 1. The van der Waals surface area contributed by atoms with Crippen LogP contribution >= 0.6 is 34.3 Å². The highest BCUT2D eigenvalue weighted by Gasteiger charge is 2.34. The molecule has 0 aliphatic carbocycles. The van der Waals surface area contributed by atoms with Crippen molar-refractivity contribution in [1.29, 1.82) is 0 Å². The molecule has 1 unspecified atom stereocenters. The SMILES string of the molecule is CC1=C(C(=O)OCC(C)C)C(c2cccs2)n2c(sc(=Cc3ccccc3Cl)c2=O)=N1. The van der Waals surface area contributed by atoms with E-state index in [4.69, 9.17) is 16.3 Å². The molecule has 4 rings (SSSR count). The fourth-order valence-electron chi connectivity index (χ4n) is 3.35. The summed E-state index contributed by atoms with van der Waals surface area (Å²) in [6.45, 7) is 6.06. The Kier molecular flexibility index (Phi) is 6.27. The van der Waals surface area contributed by atoms with Crippen LogP contribution in [0.5, 0.6) is 0 Å². The molecular weight excluding hydrogens is 452 g/mol. The van der Waals surface area contributed by atoms with Gasteiger partial charge in [0.2, 0.25) is 0 Å². The highest BCUT2D eigenvalue weighted by atomic mass is 35.5. The summed E-state index contributed by atoms with van der Waals surface area (Å²) in [7, 11) is 0. The standard InChI is InChI=1S/C23H21ClN2O3S2/c1-13(2)12-29-22(28)19-14(3)25-23-26(20(19)17-9-6-10-30-17)21(27)18(31-23)11-15-7-4-5-8-16(15)24/h4-11,13,20H,12H2,1-3H3. The zero-order chi connectivity index (χ0) is 22.1. The number of carbonyl (C=O) groups excluding carboxylic acids is 1. The third-order valence-electron chi connectivity index (χ3n) is 4.79. The molecule has 0 saturated heterocycles. The Morgan fingerprint density at radius 2 is 2.06 bits per heavy atom. The molecule has 160 valence electrons. The largest absolute Gasteiger partial charge is 0.462 e. The first kappa shape index (κ1) is 21.7. The number of hydrogen-bond donors (Lipinski definition) is 0. The Bertz CT molecular complexity index is 1330. The molecule has 1 aliphatic rings. The lowest BCUT2D eigenvalue weighted by atomic mass is 10.0. The van der Waals surface area contributed by atoms with Crippen molar-refractivity contribution >= 4 is 46.3 Å². The molecule has 1 aromatic carbocycles. The molecule has 5 nitrogen and oxygen atoms in total. The quantitative estimate of drug-likeness (QED) is 0.524. The van der Waals surface area contributed by atoms with Crippen LogP contribution in [0.25, 0.3) is 6.08 Å². The van der Waals surface area contributed by atoms with Gasteiger partial charge < -0.3 is 4.74 Å². The van der Waals surface area contributed by atoms with E-state index in [0.29, 0.717) is 32.2 Å². The maximum absolute atomic E-state index is 13.4. The Morgan fingerprint density at radius 1 is 1.29 bits per heavy atom. The molecule has 1 atom stereocenters. The zero-order valence-electron chi connectivity index (χ0n) is 17.3. The fourth-order valence-corrected chi connectivity index (χ4v) is 5.40. The van der Waals surface area contributed by atoms with Crippen molar-refractivity contribution in [2.45, 2.75) is 26.8 Å². The number of allylic oxidation sites excluding steroid dienone is 1. The first-order valence-corrected chi connectivity index (χ1v) is 11.9.